The van der Waals surface area contributed by atoms with Crippen LogP contribution < -0.4 is 10.7 Å². The number of nitrogens with zero attached hydrogens (tertiary/aromatic N) is 2. The third-order valence-electron chi connectivity index (χ3n) is 5.17. The second kappa shape index (κ2) is 8.10. The Balaban J connectivity index is 0.00000225. The second-order valence-electron chi connectivity index (χ2n) is 6.99. The van der Waals surface area contributed by atoms with Gasteiger partial charge in [0.25, 0.3) is 5.91 Å². The summed E-state index contributed by atoms with van der Waals surface area (Å²) >= 11 is 0. The van der Waals surface area contributed by atoms with Crippen LogP contribution in [-0.4, -0.2) is 22.0 Å². The Morgan fingerprint density at radius 2 is 2.07 bits per heavy atom. The van der Waals surface area contributed by atoms with Gasteiger partial charge >= 0.3 is 0 Å². The summed E-state index contributed by atoms with van der Waals surface area (Å²) in [5.41, 5.74) is 2.26. The summed E-state index contributed by atoms with van der Waals surface area (Å²) < 4.78 is 15.9. The van der Waals surface area contributed by atoms with E-state index in [1.54, 1.807) is 18.6 Å². The highest BCUT2D eigenvalue weighted by molar-refractivity contribution is 5.98. The van der Waals surface area contributed by atoms with E-state index in [1.165, 1.54) is 12.1 Å². The van der Waals surface area contributed by atoms with Gasteiger partial charge in [0.1, 0.15) is 11.4 Å². The largest absolute Gasteiger partial charge is 0.352 e. The van der Waals surface area contributed by atoms with E-state index in [0.717, 1.165) is 29.5 Å². The number of aromatic nitrogens is 2. The summed E-state index contributed by atoms with van der Waals surface area (Å²) in [6, 6.07) is 6.64. The zero-order valence-electron chi connectivity index (χ0n) is 15.4. The van der Waals surface area contributed by atoms with Crippen LogP contribution in [0.1, 0.15) is 40.9 Å². The lowest BCUT2D eigenvalue weighted by Gasteiger charge is -2.26. The van der Waals surface area contributed by atoms with Crippen LogP contribution in [0, 0.1) is 5.82 Å². The van der Waals surface area contributed by atoms with Crippen LogP contribution in [0.5, 0.6) is 0 Å². The molecule has 0 saturated heterocycles. The van der Waals surface area contributed by atoms with Gasteiger partial charge in [-0.3, -0.25) is 14.6 Å². The molecule has 1 aliphatic heterocycles. The number of hydrogen-bond donors (Lipinski definition) is 1. The highest BCUT2D eigenvalue weighted by Gasteiger charge is 2.23. The van der Waals surface area contributed by atoms with Crippen molar-refractivity contribution < 1.29 is 9.18 Å². The smallest absolute Gasteiger partial charge is 0.256 e. The predicted molar refractivity (Wildman–Crippen MR) is 109 cm³/mol. The summed E-state index contributed by atoms with van der Waals surface area (Å²) in [4.78, 5) is 29.4. The number of rotatable bonds is 4. The van der Waals surface area contributed by atoms with Gasteiger partial charge < -0.3 is 9.88 Å². The molecule has 1 unspecified atom stereocenters. The number of hydrogen-bond acceptors (Lipinski definition) is 3. The Morgan fingerprint density at radius 1 is 1.32 bits per heavy atom. The monoisotopic (exact) mass is 401 g/mol. The molecular weight excluding hydrogens is 381 g/mol. The molecule has 28 heavy (non-hydrogen) atoms. The third-order valence-corrected chi connectivity index (χ3v) is 5.17. The van der Waals surface area contributed by atoms with Gasteiger partial charge in [0.15, 0.2) is 0 Å². The van der Waals surface area contributed by atoms with Gasteiger partial charge in [-0.25, -0.2) is 4.39 Å². The summed E-state index contributed by atoms with van der Waals surface area (Å²) in [7, 11) is 0. The molecule has 3 heterocycles. The molecule has 5 nitrogen and oxygen atoms in total. The molecule has 7 heteroatoms. The predicted octanol–water partition coefficient (Wildman–Crippen LogP) is 3.44. The van der Waals surface area contributed by atoms with Crippen LogP contribution in [0.25, 0.3) is 10.9 Å². The maximum absolute atomic E-state index is 14.0. The Labute approximate surface area is 168 Å². The highest BCUT2D eigenvalue weighted by Crippen LogP contribution is 2.30. The van der Waals surface area contributed by atoms with Crippen LogP contribution in [0.4, 0.5) is 4.39 Å². The Morgan fingerprint density at radius 3 is 2.82 bits per heavy atom. The lowest BCUT2D eigenvalue weighted by atomic mass is 9.96. The zero-order chi connectivity index (χ0) is 19.0. The minimum Gasteiger partial charge on any atom is -0.352 e. The van der Waals surface area contributed by atoms with Crippen molar-refractivity contribution in [3.8, 4) is 0 Å². The molecule has 0 aliphatic carbocycles. The molecular formula is C21H21ClFN3O2. The van der Waals surface area contributed by atoms with Gasteiger partial charge in [-0.2, -0.15) is 0 Å². The molecule has 1 aromatic carbocycles. The number of amides is 1. The van der Waals surface area contributed by atoms with E-state index in [9.17, 15) is 14.0 Å². The summed E-state index contributed by atoms with van der Waals surface area (Å²) in [5, 5.41) is 3.08. The molecule has 2 aromatic heterocycles. The van der Waals surface area contributed by atoms with Crippen molar-refractivity contribution in [2.75, 3.05) is 6.54 Å². The fraction of sp³-hybridized carbons (Fsp3) is 0.286. The minimum atomic E-state index is -0.439. The van der Waals surface area contributed by atoms with Crippen molar-refractivity contribution in [1.29, 1.82) is 0 Å². The number of aryl methyl sites for hydroxylation is 1. The normalized spacial score (nSPS) is 15.1. The average molecular weight is 402 g/mol. The first-order valence-corrected chi connectivity index (χ1v) is 9.09. The molecule has 0 spiro atoms. The second-order valence-corrected chi connectivity index (χ2v) is 6.99. The number of carbonyl (C=O) groups excluding carboxylic acids is 1. The summed E-state index contributed by atoms with van der Waals surface area (Å²) in [5.74, 6) is -0.866. The molecule has 1 aliphatic rings. The molecule has 3 aromatic rings. The SMILES string of the molecule is CC1CCc2cc(F)cc3c(=O)c(C(=O)NCCc4ccncc4)cn1c23.Cl. The van der Waals surface area contributed by atoms with Crippen molar-refractivity contribution >= 4 is 29.2 Å². The number of benzene rings is 1. The topological polar surface area (TPSA) is 64.0 Å². The number of carbonyl (C=O) groups is 1. The van der Waals surface area contributed by atoms with E-state index in [2.05, 4.69) is 10.3 Å². The first-order valence-electron chi connectivity index (χ1n) is 9.09. The molecule has 0 saturated carbocycles. The highest BCUT2D eigenvalue weighted by atomic mass is 35.5. The minimum absolute atomic E-state index is 0. The standard InChI is InChI=1S/C21H20FN3O2.ClH/c1-13-2-3-15-10-16(22)11-17-19(15)25(13)12-18(20(17)26)21(27)24-9-6-14-4-7-23-8-5-14;/h4-5,7-8,10-13H,2-3,6,9H2,1H3,(H,24,27);1H. The van der Waals surface area contributed by atoms with Gasteiger partial charge in [-0.05, 0) is 61.6 Å². The van der Waals surface area contributed by atoms with E-state index in [0.29, 0.717) is 13.0 Å². The van der Waals surface area contributed by atoms with Crippen molar-refractivity contribution in [2.45, 2.75) is 32.2 Å². The Kier molecular flexibility index (Phi) is 5.79. The summed E-state index contributed by atoms with van der Waals surface area (Å²) in [6.07, 6.45) is 7.24. The fourth-order valence-corrected chi connectivity index (χ4v) is 3.71. The molecule has 1 atom stereocenters. The van der Waals surface area contributed by atoms with Crippen molar-refractivity contribution in [3.05, 3.63) is 75.6 Å². The van der Waals surface area contributed by atoms with E-state index in [4.69, 9.17) is 0 Å². The van der Waals surface area contributed by atoms with Crippen molar-refractivity contribution in [3.63, 3.8) is 0 Å². The number of halogens is 2. The molecule has 0 bridgehead atoms. The van der Waals surface area contributed by atoms with E-state index >= 15 is 0 Å². The van der Waals surface area contributed by atoms with Crippen LogP contribution in [-0.2, 0) is 12.8 Å². The van der Waals surface area contributed by atoms with Crippen LogP contribution >= 0.6 is 12.4 Å². The molecule has 0 radical (unpaired) electrons. The van der Waals surface area contributed by atoms with Gasteiger partial charge in [-0.15, -0.1) is 12.4 Å². The maximum atomic E-state index is 14.0. The Hall–Kier alpha value is -2.73. The Bertz CT molecular complexity index is 1080. The van der Waals surface area contributed by atoms with E-state index in [1.807, 2.05) is 23.6 Å². The molecule has 1 N–H and O–H groups in total. The first kappa shape index (κ1) is 20.0. The molecule has 146 valence electrons. The molecule has 4 rings (SSSR count). The van der Waals surface area contributed by atoms with Crippen molar-refractivity contribution in [1.82, 2.24) is 14.9 Å². The number of nitrogens with one attached hydrogen (secondary N) is 1. The molecule has 0 fully saturated rings. The van der Waals surface area contributed by atoms with Crippen molar-refractivity contribution in [2.24, 2.45) is 0 Å². The van der Waals surface area contributed by atoms with Gasteiger partial charge in [0.2, 0.25) is 5.43 Å². The molecule has 1 amide bonds. The summed E-state index contributed by atoms with van der Waals surface area (Å²) in [6.45, 7) is 2.45. The fourth-order valence-electron chi connectivity index (χ4n) is 3.71. The van der Waals surface area contributed by atoms with E-state index < -0.39 is 17.2 Å². The first-order chi connectivity index (χ1) is 13.0. The lowest BCUT2D eigenvalue weighted by molar-refractivity contribution is 0.0952. The quantitative estimate of drug-likeness (QED) is 0.728. The van der Waals surface area contributed by atoms with Gasteiger partial charge in [0, 0.05) is 36.6 Å². The van der Waals surface area contributed by atoms with Crippen LogP contribution in [0.3, 0.4) is 0 Å². The maximum Gasteiger partial charge on any atom is 0.256 e. The van der Waals surface area contributed by atoms with Crippen LogP contribution in [0.15, 0.2) is 47.7 Å². The van der Waals surface area contributed by atoms with Crippen LogP contribution in [0.2, 0.25) is 0 Å². The average Bonchev–Trinajstić information content (AvgIpc) is 2.66. The zero-order valence-corrected chi connectivity index (χ0v) is 16.3. The van der Waals surface area contributed by atoms with Gasteiger partial charge in [0.05, 0.1) is 5.52 Å². The van der Waals surface area contributed by atoms with E-state index in [-0.39, 0.29) is 29.4 Å². The third kappa shape index (κ3) is 3.64. The lowest BCUT2D eigenvalue weighted by Crippen LogP contribution is -2.32. The van der Waals surface area contributed by atoms with Gasteiger partial charge in [-0.1, -0.05) is 0 Å². The number of pyridine rings is 2.